The summed E-state index contributed by atoms with van der Waals surface area (Å²) in [4.78, 5) is 15.8. The van der Waals surface area contributed by atoms with Crippen LogP contribution in [0.3, 0.4) is 0 Å². The largest absolute Gasteiger partial charge is 0.496 e. The van der Waals surface area contributed by atoms with Crippen molar-refractivity contribution >= 4 is 5.97 Å². The van der Waals surface area contributed by atoms with Crippen LogP contribution in [0.5, 0.6) is 5.75 Å². The number of hydrogen-bond acceptors (Lipinski definition) is 4. The molecular formula is C14H13NO3. The third kappa shape index (κ3) is 2.18. The average Bonchev–Trinajstić information content (AvgIpc) is 2.46. The van der Waals surface area contributed by atoms with Crippen molar-refractivity contribution in [1.29, 1.82) is 0 Å². The van der Waals surface area contributed by atoms with Crippen LogP contribution in [0.4, 0.5) is 0 Å². The molecule has 4 heteroatoms. The lowest BCUT2D eigenvalue weighted by Crippen LogP contribution is -2.06. The third-order valence-electron chi connectivity index (χ3n) is 2.63. The number of pyridine rings is 1. The van der Waals surface area contributed by atoms with Crippen molar-refractivity contribution in [2.75, 3.05) is 14.2 Å². The van der Waals surface area contributed by atoms with Gasteiger partial charge in [0.05, 0.1) is 14.2 Å². The van der Waals surface area contributed by atoms with E-state index in [9.17, 15) is 4.79 Å². The topological polar surface area (TPSA) is 48.4 Å². The van der Waals surface area contributed by atoms with E-state index in [0.717, 1.165) is 11.1 Å². The number of ether oxygens (including phenoxy) is 2. The van der Waals surface area contributed by atoms with Crippen LogP contribution in [0.15, 0.2) is 42.7 Å². The van der Waals surface area contributed by atoms with Crippen molar-refractivity contribution in [3.8, 4) is 16.9 Å². The van der Waals surface area contributed by atoms with Gasteiger partial charge >= 0.3 is 5.97 Å². The predicted molar refractivity (Wildman–Crippen MR) is 67.6 cm³/mol. The molecule has 0 aliphatic heterocycles. The van der Waals surface area contributed by atoms with Gasteiger partial charge in [-0.3, -0.25) is 4.98 Å². The van der Waals surface area contributed by atoms with E-state index < -0.39 is 5.97 Å². The lowest BCUT2D eigenvalue weighted by Gasteiger charge is -2.12. The number of methoxy groups -OCH3 is 2. The number of nitrogens with zero attached hydrogens (tertiary/aromatic N) is 1. The highest BCUT2D eigenvalue weighted by molar-refractivity contribution is 6.00. The van der Waals surface area contributed by atoms with Gasteiger partial charge in [0.25, 0.3) is 0 Å². The highest BCUT2D eigenvalue weighted by atomic mass is 16.5. The molecule has 0 atom stereocenters. The van der Waals surface area contributed by atoms with Crippen LogP contribution < -0.4 is 4.74 Å². The minimum atomic E-state index is -0.417. The highest BCUT2D eigenvalue weighted by Crippen LogP contribution is 2.30. The van der Waals surface area contributed by atoms with Crippen molar-refractivity contribution in [2.24, 2.45) is 0 Å². The maximum Gasteiger partial charge on any atom is 0.342 e. The molecule has 2 rings (SSSR count). The summed E-state index contributed by atoms with van der Waals surface area (Å²) < 4.78 is 10.0. The Morgan fingerprint density at radius 2 is 1.83 bits per heavy atom. The van der Waals surface area contributed by atoms with Crippen molar-refractivity contribution in [3.05, 3.63) is 48.3 Å². The number of carbonyl (C=O) groups is 1. The van der Waals surface area contributed by atoms with Gasteiger partial charge in [-0.25, -0.2) is 4.79 Å². The van der Waals surface area contributed by atoms with E-state index >= 15 is 0 Å². The monoisotopic (exact) mass is 243 g/mol. The van der Waals surface area contributed by atoms with Crippen LogP contribution in [0.2, 0.25) is 0 Å². The van der Waals surface area contributed by atoms with Gasteiger partial charge in [-0.05, 0) is 23.8 Å². The maximum atomic E-state index is 11.9. The quantitative estimate of drug-likeness (QED) is 0.777. The second kappa shape index (κ2) is 5.31. The van der Waals surface area contributed by atoms with Gasteiger partial charge in [-0.15, -0.1) is 0 Å². The second-order valence-corrected chi connectivity index (χ2v) is 3.61. The normalized spacial score (nSPS) is 9.89. The molecule has 0 saturated carbocycles. The van der Waals surface area contributed by atoms with E-state index in [2.05, 4.69) is 4.98 Å². The molecule has 0 fully saturated rings. The summed E-state index contributed by atoms with van der Waals surface area (Å²) in [5.74, 6) is 0.0791. The number of rotatable bonds is 3. The van der Waals surface area contributed by atoms with E-state index in [1.54, 1.807) is 18.5 Å². The van der Waals surface area contributed by atoms with Gasteiger partial charge in [0.2, 0.25) is 0 Å². The van der Waals surface area contributed by atoms with E-state index in [0.29, 0.717) is 11.3 Å². The number of hydrogen-bond donors (Lipinski definition) is 0. The molecule has 4 nitrogen and oxygen atoms in total. The zero-order chi connectivity index (χ0) is 13.0. The van der Waals surface area contributed by atoms with Gasteiger partial charge in [0, 0.05) is 18.0 Å². The molecular weight excluding hydrogens is 230 g/mol. The van der Waals surface area contributed by atoms with Crippen LogP contribution in [0.1, 0.15) is 10.4 Å². The molecule has 1 aromatic heterocycles. The summed E-state index contributed by atoms with van der Waals surface area (Å²) in [6, 6.07) is 9.09. The molecule has 0 amide bonds. The lowest BCUT2D eigenvalue weighted by atomic mass is 10.00. The number of benzene rings is 1. The Kier molecular flexibility index (Phi) is 3.57. The number of carbonyl (C=O) groups excluding carboxylic acids is 1. The molecule has 18 heavy (non-hydrogen) atoms. The Balaban J connectivity index is 2.64. The summed E-state index contributed by atoms with van der Waals surface area (Å²) in [5.41, 5.74) is 2.08. The first-order chi connectivity index (χ1) is 8.77. The van der Waals surface area contributed by atoms with Crippen LogP contribution in [0, 0.1) is 0 Å². The molecule has 1 aromatic carbocycles. The minimum Gasteiger partial charge on any atom is -0.496 e. The summed E-state index contributed by atoms with van der Waals surface area (Å²) in [6.45, 7) is 0. The lowest BCUT2D eigenvalue weighted by molar-refractivity contribution is 0.0598. The Morgan fingerprint density at radius 1 is 1.11 bits per heavy atom. The molecule has 1 heterocycles. The first-order valence-corrected chi connectivity index (χ1v) is 5.43. The van der Waals surface area contributed by atoms with Crippen molar-refractivity contribution < 1.29 is 14.3 Å². The summed E-state index contributed by atoms with van der Waals surface area (Å²) in [7, 11) is 2.88. The summed E-state index contributed by atoms with van der Waals surface area (Å²) in [6.07, 6.45) is 3.35. The summed E-state index contributed by atoms with van der Waals surface area (Å²) >= 11 is 0. The fraction of sp³-hybridized carbons (Fsp3) is 0.143. The smallest absolute Gasteiger partial charge is 0.342 e. The SMILES string of the molecule is COC(=O)c1c(OC)cccc1-c1ccncc1. The fourth-order valence-corrected chi connectivity index (χ4v) is 1.79. The predicted octanol–water partition coefficient (Wildman–Crippen LogP) is 2.54. The molecule has 0 unspecified atom stereocenters. The molecule has 0 radical (unpaired) electrons. The van der Waals surface area contributed by atoms with E-state index in [1.807, 2.05) is 24.3 Å². The van der Waals surface area contributed by atoms with E-state index in [4.69, 9.17) is 9.47 Å². The molecule has 0 bridgehead atoms. The van der Waals surface area contributed by atoms with Crippen LogP contribution in [-0.4, -0.2) is 25.2 Å². The Labute approximate surface area is 105 Å². The standard InChI is InChI=1S/C14H13NO3/c1-17-12-5-3-4-11(13(12)14(16)18-2)10-6-8-15-9-7-10/h3-9H,1-2H3. The Bertz CT molecular complexity index is 552. The van der Waals surface area contributed by atoms with E-state index in [1.165, 1.54) is 14.2 Å². The second-order valence-electron chi connectivity index (χ2n) is 3.61. The fourth-order valence-electron chi connectivity index (χ4n) is 1.79. The van der Waals surface area contributed by atoms with Crippen LogP contribution in [0.25, 0.3) is 11.1 Å². The van der Waals surface area contributed by atoms with Crippen molar-refractivity contribution in [1.82, 2.24) is 4.98 Å². The Hall–Kier alpha value is -2.36. The molecule has 0 spiro atoms. The zero-order valence-corrected chi connectivity index (χ0v) is 10.2. The van der Waals surface area contributed by atoms with Gasteiger partial charge < -0.3 is 9.47 Å². The molecule has 2 aromatic rings. The number of esters is 1. The zero-order valence-electron chi connectivity index (χ0n) is 10.2. The minimum absolute atomic E-state index is 0.417. The third-order valence-corrected chi connectivity index (χ3v) is 2.63. The summed E-state index contributed by atoms with van der Waals surface area (Å²) in [5, 5.41) is 0. The first kappa shape index (κ1) is 12.1. The first-order valence-electron chi connectivity index (χ1n) is 5.43. The van der Waals surface area contributed by atoms with Gasteiger partial charge in [-0.2, -0.15) is 0 Å². The van der Waals surface area contributed by atoms with Gasteiger partial charge in [0.1, 0.15) is 11.3 Å². The molecule has 0 saturated heterocycles. The molecule has 0 N–H and O–H groups in total. The van der Waals surface area contributed by atoms with Crippen LogP contribution in [-0.2, 0) is 4.74 Å². The average molecular weight is 243 g/mol. The highest BCUT2D eigenvalue weighted by Gasteiger charge is 2.18. The molecule has 92 valence electrons. The van der Waals surface area contributed by atoms with Crippen molar-refractivity contribution in [3.63, 3.8) is 0 Å². The molecule has 0 aliphatic carbocycles. The Morgan fingerprint density at radius 3 is 2.44 bits per heavy atom. The maximum absolute atomic E-state index is 11.9. The van der Waals surface area contributed by atoms with Crippen LogP contribution >= 0.6 is 0 Å². The van der Waals surface area contributed by atoms with Gasteiger partial charge in [0.15, 0.2) is 0 Å². The number of aromatic nitrogens is 1. The van der Waals surface area contributed by atoms with Gasteiger partial charge in [-0.1, -0.05) is 12.1 Å². The van der Waals surface area contributed by atoms with E-state index in [-0.39, 0.29) is 0 Å². The molecule has 0 aliphatic rings. The van der Waals surface area contributed by atoms with Crippen molar-refractivity contribution in [2.45, 2.75) is 0 Å².